The van der Waals surface area contributed by atoms with Gasteiger partial charge in [0.05, 0.1) is 19.3 Å². The van der Waals surface area contributed by atoms with Crippen LogP contribution in [0.2, 0.25) is 0 Å². The summed E-state index contributed by atoms with van der Waals surface area (Å²) >= 11 is 0. The van der Waals surface area contributed by atoms with E-state index in [0.717, 1.165) is 6.07 Å². The monoisotopic (exact) mass is 274 g/mol. The second-order valence-corrected chi connectivity index (χ2v) is 3.94. The molecule has 104 valence electrons. The van der Waals surface area contributed by atoms with Crippen molar-refractivity contribution in [2.75, 3.05) is 13.7 Å². The number of carbonyl (C=O) groups excluding carboxylic acids is 1. The van der Waals surface area contributed by atoms with Crippen molar-refractivity contribution in [2.45, 2.75) is 6.92 Å². The quantitative estimate of drug-likeness (QED) is 0.801. The topological polar surface area (TPSA) is 65.7 Å². The molecule has 0 bridgehead atoms. The zero-order chi connectivity index (χ0) is 14.5. The van der Waals surface area contributed by atoms with Gasteiger partial charge in [-0.25, -0.2) is 4.79 Å². The van der Waals surface area contributed by atoms with E-state index in [-0.39, 0.29) is 23.6 Å². The first kappa shape index (κ1) is 13.9. The van der Waals surface area contributed by atoms with E-state index < -0.39 is 5.97 Å². The summed E-state index contributed by atoms with van der Waals surface area (Å²) in [7, 11) is 1.52. The number of carbonyl (C=O) groups is 1. The molecule has 1 aromatic carbocycles. The highest BCUT2D eigenvalue weighted by molar-refractivity contribution is 5.86. The van der Waals surface area contributed by atoms with E-state index in [1.54, 1.807) is 31.2 Å². The highest BCUT2D eigenvalue weighted by atomic mass is 16.5. The molecule has 20 heavy (non-hydrogen) atoms. The lowest BCUT2D eigenvalue weighted by Gasteiger charge is -2.08. The standard InChI is InChI=1S/C15H14O5/c1-3-19-15(17)14-9-10(16)8-13(20-14)11-6-4-5-7-12(11)18-2/h4-9H,3H2,1-2H3. The van der Waals surface area contributed by atoms with Crippen LogP contribution < -0.4 is 10.2 Å². The fourth-order valence-electron chi connectivity index (χ4n) is 1.76. The average Bonchev–Trinajstić information content (AvgIpc) is 2.46. The first-order valence-electron chi connectivity index (χ1n) is 6.11. The van der Waals surface area contributed by atoms with E-state index in [9.17, 15) is 9.59 Å². The first-order chi connectivity index (χ1) is 9.65. The van der Waals surface area contributed by atoms with Crippen LogP contribution in [-0.2, 0) is 4.74 Å². The molecule has 0 atom stereocenters. The van der Waals surface area contributed by atoms with Crippen LogP contribution in [0.1, 0.15) is 17.5 Å². The third-order valence-electron chi connectivity index (χ3n) is 2.62. The van der Waals surface area contributed by atoms with Gasteiger partial charge in [0.1, 0.15) is 11.5 Å². The molecule has 5 heteroatoms. The molecule has 0 aliphatic heterocycles. The molecule has 0 aliphatic carbocycles. The van der Waals surface area contributed by atoms with Gasteiger partial charge in [0.2, 0.25) is 5.76 Å². The van der Waals surface area contributed by atoms with Crippen LogP contribution in [0.3, 0.4) is 0 Å². The maximum Gasteiger partial charge on any atom is 0.374 e. The summed E-state index contributed by atoms with van der Waals surface area (Å²) < 4.78 is 15.5. The Morgan fingerprint density at radius 1 is 1.25 bits per heavy atom. The molecule has 0 radical (unpaired) electrons. The van der Waals surface area contributed by atoms with Crippen molar-refractivity contribution in [1.29, 1.82) is 0 Å². The van der Waals surface area contributed by atoms with Crippen molar-refractivity contribution < 1.29 is 18.7 Å². The van der Waals surface area contributed by atoms with Crippen LogP contribution in [0.4, 0.5) is 0 Å². The number of methoxy groups -OCH3 is 1. The number of rotatable bonds is 4. The molecule has 1 aromatic heterocycles. The summed E-state index contributed by atoms with van der Waals surface area (Å²) in [6.07, 6.45) is 0. The third-order valence-corrected chi connectivity index (χ3v) is 2.62. The van der Waals surface area contributed by atoms with Gasteiger partial charge in [-0.2, -0.15) is 0 Å². The Balaban J connectivity index is 2.52. The van der Waals surface area contributed by atoms with E-state index in [0.29, 0.717) is 11.3 Å². The Kier molecular flexibility index (Phi) is 4.20. The van der Waals surface area contributed by atoms with E-state index >= 15 is 0 Å². The zero-order valence-corrected chi connectivity index (χ0v) is 11.2. The molecule has 0 amide bonds. The minimum absolute atomic E-state index is 0.125. The van der Waals surface area contributed by atoms with Crippen LogP contribution in [0.5, 0.6) is 5.75 Å². The number of hydrogen-bond donors (Lipinski definition) is 0. The van der Waals surface area contributed by atoms with Crippen molar-refractivity contribution in [2.24, 2.45) is 0 Å². The SMILES string of the molecule is CCOC(=O)c1cc(=O)cc(-c2ccccc2OC)o1. The molecule has 0 N–H and O–H groups in total. The summed E-state index contributed by atoms with van der Waals surface area (Å²) in [5.41, 5.74) is 0.262. The molecule has 0 spiro atoms. The van der Waals surface area contributed by atoms with Gasteiger partial charge in [-0.3, -0.25) is 4.79 Å². The van der Waals surface area contributed by atoms with Gasteiger partial charge in [-0.1, -0.05) is 12.1 Å². The lowest BCUT2D eigenvalue weighted by atomic mass is 10.1. The van der Waals surface area contributed by atoms with Gasteiger partial charge in [-0.15, -0.1) is 0 Å². The van der Waals surface area contributed by atoms with E-state index in [4.69, 9.17) is 13.9 Å². The molecular formula is C15H14O5. The second kappa shape index (κ2) is 6.06. The van der Waals surface area contributed by atoms with Crippen LogP contribution in [0.25, 0.3) is 11.3 Å². The van der Waals surface area contributed by atoms with Gasteiger partial charge < -0.3 is 13.9 Å². The second-order valence-electron chi connectivity index (χ2n) is 3.94. The van der Waals surface area contributed by atoms with Crippen molar-refractivity contribution in [3.8, 4) is 17.1 Å². The number of hydrogen-bond acceptors (Lipinski definition) is 5. The first-order valence-corrected chi connectivity index (χ1v) is 6.11. The molecule has 2 aromatic rings. The summed E-state index contributed by atoms with van der Waals surface area (Å²) in [6, 6.07) is 9.49. The van der Waals surface area contributed by atoms with Crippen molar-refractivity contribution in [3.63, 3.8) is 0 Å². The van der Waals surface area contributed by atoms with Crippen LogP contribution in [-0.4, -0.2) is 19.7 Å². The van der Waals surface area contributed by atoms with E-state index in [2.05, 4.69) is 0 Å². The lowest BCUT2D eigenvalue weighted by molar-refractivity contribution is 0.0488. The summed E-state index contributed by atoms with van der Waals surface area (Å²) in [5, 5.41) is 0. The summed E-state index contributed by atoms with van der Waals surface area (Å²) in [4.78, 5) is 23.3. The molecule has 2 rings (SSSR count). The summed E-state index contributed by atoms with van der Waals surface area (Å²) in [6.45, 7) is 1.89. The van der Waals surface area contributed by atoms with Gasteiger partial charge >= 0.3 is 5.97 Å². The van der Waals surface area contributed by atoms with Gasteiger partial charge in [0.25, 0.3) is 0 Å². The van der Waals surface area contributed by atoms with Crippen LogP contribution in [0, 0.1) is 0 Å². The molecule has 0 saturated heterocycles. The van der Waals surface area contributed by atoms with Gasteiger partial charge in [0, 0.05) is 12.1 Å². The highest BCUT2D eigenvalue weighted by Crippen LogP contribution is 2.29. The molecule has 5 nitrogen and oxygen atoms in total. The van der Waals surface area contributed by atoms with Crippen molar-refractivity contribution in [1.82, 2.24) is 0 Å². The Morgan fingerprint density at radius 3 is 2.70 bits per heavy atom. The number of ether oxygens (including phenoxy) is 2. The maximum atomic E-state index is 11.7. The van der Waals surface area contributed by atoms with E-state index in [1.165, 1.54) is 13.2 Å². The normalized spacial score (nSPS) is 10.1. The summed E-state index contributed by atoms with van der Waals surface area (Å²) in [5.74, 6) is 0.0243. The van der Waals surface area contributed by atoms with Crippen molar-refractivity contribution >= 4 is 5.97 Å². The predicted octanol–water partition coefficient (Wildman–Crippen LogP) is 2.49. The highest BCUT2D eigenvalue weighted by Gasteiger charge is 2.15. The zero-order valence-electron chi connectivity index (χ0n) is 11.2. The lowest BCUT2D eigenvalue weighted by Crippen LogP contribution is -2.09. The maximum absolute atomic E-state index is 11.7. The largest absolute Gasteiger partial charge is 0.496 e. The third kappa shape index (κ3) is 2.88. The van der Waals surface area contributed by atoms with Crippen LogP contribution >= 0.6 is 0 Å². The Morgan fingerprint density at radius 2 is 2.00 bits per heavy atom. The fraction of sp³-hybridized carbons (Fsp3) is 0.200. The number of para-hydroxylation sites is 1. The van der Waals surface area contributed by atoms with Crippen molar-refractivity contribution in [3.05, 3.63) is 52.4 Å². The van der Waals surface area contributed by atoms with Crippen LogP contribution in [0.15, 0.2) is 45.6 Å². The minimum atomic E-state index is -0.665. The van der Waals surface area contributed by atoms with Gasteiger partial charge in [0.15, 0.2) is 5.43 Å². The molecule has 0 aliphatic rings. The smallest absolute Gasteiger partial charge is 0.374 e. The Labute approximate surface area is 115 Å². The Bertz CT molecular complexity index is 672. The molecule has 0 unspecified atom stereocenters. The predicted molar refractivity (Wildman–Crippen MR) is 72.9 cm³/mol. The number of esters is 1. The minimum Gasteiger partial charge on any atom is -0.496 e. The molecular weight excluding hydrogens is 260 g/mol. The molecule has 1 heterocycles. The Hall–Kier alpha value is -2.56. The molecule has 0 saturated carbocycles. The fourth-order valence-corrected chi connectivity index (χ4v) is 1.76. The molecule has 0 fully saturated rings. The van der Waals surface area contributed by atoms with Gasteiger partial charge in [-0.05, 0) is 19.1 Å². The number of benzene rings is 1. The average molecular weight is 274 g/mol. The van der Waals surface area contributed by atoms with E-state index in [1.807, 2.05) is 0 Å².